The topological polar surface area (TPSA) is 61.8 Å². The van der Waals surface area contributed by atoms with E-state index in [1.807, 2.05) is 6.92 Å². The van der Waals surface area contributed by atoms with Crippen LogP contribution in [0.25, 0.3) is 0 Å². The quantitative estimate of drug-likeness (QED) is 0.322. The summed E-state index contributed by atoms with van der Waals surface area (Å²) in [6.45, 7) is 7.48. The highest BCUT2D eigenvalue weighted by Crippen LogP contribution is 2.20. The molecule has 0 radical (unpaired) electrons. The first-order valence-corrected chi connectivity index (χ1v) is 5.87. The second kappa shape index (κ2) is 5.95. The molecule has 1 saturated heterocycles. The molecule has 0 aromatic carbocycles. The Bertz CT molecular complexity index is 210. The molecule has 1 fully saturated rings. The van der Waals surface area contributed by atoms with Crippen LogP contribution in [0.4, 0.5) is 0 Å². The molecule has 1 aliphatic rings. The van der Waals surface area contributed by atoms with Crippen LogP contribution in [0.1, 0.15) is 33.1 Å². The van der Waals surface area contributed by atoms with E-state index in [9.17, 15) is 0 Å². The van der Waals surface area contributed by atoms with Gasteiger partial charge in [-0.1, -0.05) is 25.4 Å². The minimum Gasteiger partial charge on any atom is -0.409 e. The van der Waals surface area contributed by atoms with Crippen molar-refractivity contribution in [1.82, 2.24) is 4.90 Å². The van der Waals surface area contributed by atoms with Crippen LogP contribution in [0, 0.1) is 11.8 Å². The molecule has 3 N–H and O–H groups in total. The fourth-order valence-electron chi connectivity index (χ4n) is 2.16. The third-order valence-corrected chi connectivity index (χ3v) is 3.44. The lowest BCUT2D eigenvalue weighted by atomic mass is 9.94. The molecule has 15 heavy (non-hydrogen) atoms. The summed E-state index contributed by atoms with van der Waals surface area (Å²) in [5.74, 6) is 1.39. The van der Waals surface area contributed by atoms with Gasteiger partial charge in [0.2, 0.25) is 0 Å². The van der Waals surface area contributed by atoms with Gasteiger partial charge in [-0.25, -0.2) is 0 Å². The summed E-state index contributed by atoms with van der Waals surface area (Å²) in [4.78, 5) is 2.41. The Kier molecular flexibility index (Phi) is 4.88. The molecule has 1 aliphatic heterocycles. The zero-order valence-corrected chi connectivity index (χ0v) is 9.82. The molecular formula is C11H23N3O. The molecule has 4 nitrogen and oxygen atoms in total. The Morgan fingerprint density at radius 3 is 2.60 bits per heavy atom. The van der Waals surface area contributed by atoms with Gasteiger partial charge in [0, 0.05) is 12.5 Å². The number of nitrogens with two attached hydrogens (primary N) is 1. The van der Waals surface area contributed by atoms with E-state index in [1.54, 1.807) is 0 Å². The normalized spacial score (nSPS) is 22.9. The van der Waals surface area contributed by atoms with E-state index in [4.69, 9.17) is 10.9 Å². The Hall–Kier alpha value is -0.770. The molecule has 0 aromatic heterocycles. The Morgan fingerprint density at radius 2 is 2.13 bits per heavy atom. The number of rotatable bonds is 4. The first-order chi connectivity index (χ1) is 7.17. The average molecular weight is 213 g/mol. The molecule has 0 aliphatic carbocycles. The van der Waals surface area contributed by atoms with Crippen molar-refractivity contribution in [1.29, 1.82) is 0 Å². The fourth-order valence-corrected chi connectivity index (χ4v) is 2.16. The second-order valence-electron chi connectivity index (χ2n) is 4.58. The van der Waals surface area contributed by atoms with E-state index in [-0.39, 0.29) is 5.92 Å². The molecule has 1 atom stereocenters. The molecule has 88 valence electrons. The van der Waals surface area contributed by atoms with Crippen molar-refractivity contribution in [3.8, 4) is 0 Å². The van der Waals surface area contributed by atoms with Crippen LogP contribution in [0.3, 0.4) is 0 Å². The van der Waals surface area contributed by atoms with Crippen LogP contribution in [0.2, 0.25) is 0 Å². The van der Waals surface area contributed by atoms with Crippen molar-refractivity contribution in [3.05, 3.63) is 0 Å². The van der Waals surface area contributed by atoms with E-state index >= 15 is 0 Å². The molecule has 0 saturated carbocycles. The number of piperidine rings is 1. The van der Waals surface area contributed by atoms with Gasteiger partial charge in [0.1, 0.15) is 5.84 Å². The van der Waals surface area contributed by atoms with Crippen molar-refractivity contribution in [2.24, 2.45) is 22.7 Å². The van der Waals surface area contributed by atoms with Crippen LogP contribution >= 0.6 is 0 Å². The number of hydrogen-bond donors (Lipinski definition) is 2. The summed E-state index contributed by atoms with van der Waals surface area (Å²) < 4.78 is 0. The van der Waals surface area contributed by atoms with Crippen LogP contribution in [-0.2, 0) is 0 Å². The summed E-state index contributed by atoms with van der Waals surface area (Å²) in [6, 6.07) is 0. The van der Waals surface area contributed by atoms with Gasteiger partial charge in [-0.15, -0.1) is 0 Å². The lowest BCUT2D eigenvalue weighted by Crippen LogP contribution is -2.39. The molecule has 0 bridgehead atoms. The van der Waals surface area contributed by atoms with E-state index < -0.39 is 0 Å². The SMILES string of the molecule is CCC1CCN(CC(C)/C(N)=N/O)CC1. The van der Waals surface area contributed by atoms with Gasteiger partial charge in [-0.2, -0.15) is 0 Å². The number of oxime groups is 1. The van der Waals surface area contributed by atoms with E-state index in [0.717, 1.165) is 25.6 Å². The van der Waals surface area contributed by atoms with E-state index in [2.05, 4.69) is 17.0 Å². The van der Waals surface area contributed by atoms with Gasteiger partial charge in [0.05, 0.1) is 0 Å². The van der Waals surface area contributed by atoms with Gasteiger partial charge in [0.15, 0.2) is 0 Å². The summed E-state index contributed by atoms with van der Waals surface area (Å²) in [7, 11) is 0. The average Bonchev–Trinajstić information content (AvgIpc) is 2.29. The highest BCUT2D eigenvalue weighted by Gasteiger charge is 2.20. The molecular weight excluding hydrogens is 190 g/mol. The van der Waals surface area contributed by atoms with Crippen molar-refractivity contribution >= 4 is 5.84 Å². The predicted molar refractivity (Wildman–Crippen MR) is 62.0 cm³/mol. The number of likely N-dealkylation sites (tertiary alicyclic amines) is 1. The van der Waals surface area contributed by atoms with Crippen molar-refractivity contribution in [2.75, 3.05) is 19.6 Å². The fraction of sp³-hybridized carbons (Fsp3) is 0.909. The smallest absolute Gasteiger partial charge is 0.143 e. The van der Waals surface area contributed by atoms with Crippen LogP contribution in [0.15, 0.2) is 5.16 Å². The third kappa shape index (κ3) is 3.70. The third-order valence-electron chi connectivity index (χ3n) is 3.44. The molecule has 1 rings (SSSR count). The van der Waals surface area contributed by atoms with Gasteiger partial charge in [0.25, 0.3) is 0 Å². The standard InChI is InChI=1S/C11H23N3O/c1-3-10-4-6-14(7-5-10)8-9(2)11(12)13-15/h9-10,15H,3-8H2,1-2H3,(H2,12,13). The number of nitrogens with zero attached hydrogens (tertiary/aromatic N) is 2. The van der Waals surface area contributed by atoms with Gasteiger partial charge < -0.3 is 15.8 Å². The van der Waals surface area contributed by atoms with Crippen LogP contribution in [-0.4, -0.2) is 35.6 Å². The minimum absolute atomic E-state index is 0.146. The monoisotopic (exact) mass is 213 g/mol. The van der Waals surface area contributed by atoms with E-state index in [1.165, 1.54) is 19.3 Å². The predicted octanol–water partition coefficient (Wildman–Crippen LogP) is 1.49. The van der Waals surface area contributed by atoms with Crippen LogP contribution < -0.4 is 5.73 Å². The molecule has 4 heteroatoms. The molecule has 1 heterocycles. The summed E-state index contributed by atoms with van der Waals surface area (Å²) >= 11 is 0. The Balaban J connectivity index is 2.29. The number of amidine groups is 1. The van der Waals surface area contributed by atoms with Gasteiger partial charge in [-0.3, -0.25) is 0 Å². The highest BCUT2D eigenvalue weighted by molar-refractivity contribution is 5.82. The second-order valence-corrected chi connectivity index (χ2v) is 4.58. The maximum atomic E-state index is 8.56. The molecule has 1 unspecified atom stereocenters. The van der Waals surface area contributed by atoms with Crippen molar-refractivity contribution in [2.45, 2.75) is 33.1 Å². The number of hydrogen-bond acceptors (Lipinski definition) is 3. The van der Waals surface area contributed by atoms with Crippen molar-refractivity contribution in [3.63, 3.8) is 0 Å². The van der Waals surface area contributed by atoms with Gasteiger partial charge >= 0.3 is 0 Å². The Labute approximate surface area is 92.1 Å². The largest absolute Gasteiger partial charge is 0.409 e. The molecule has 0 aromatic rings. The van der Waals surface area contributed by atoms with Crippen LogP contribution in [0.5, 0.6) is 0 Å². The zero-order valence-electron chi connectivity index (χ0n) is 9.82. The maximum Gasteiger partial charge on any atom is 0.143 e. The first-order valence-electron chi connectivity index (χ1n) is 5.87. The maximum absolute atomic E-state index is 8.56. The summed E-state index contributed by atoms with van der Waals surface area (Å²) in [5.41, 5.74) is 5.56. The lowest BCUT2D eigenvalue weighted by Gasteiger charge is -2.32. The summed E-state index contributed by atoms with van der Waals surface area (Å²) in [6.07, 6.45) is 3.88. The molecule has 0 spiro atoms. The first kappa shape index (κ1) is 12.3. The van der Waals surface area contributed by atoms with Crippen molar-refractivity contribution < 1.29 is 5.21 Å². The van der Waals surface area contributed by atoms with Gasteiger partial charge in [-0.05, 0) is 31.8 Å². The van der Waals surface area contributed by atoms with E-state index in [0.29, 0.717) is 5.84 Å². The Morgan fingerprint density at radius 1 is 1.53 bits per heavy atom. The minimum atomic E-state index is 0.146. The highest BCUT2D eigenvalue weighted by atomic mass is 16.4. The zero-order chi connectivity index (χ0) is 11.3. The summed E-state index contributed by atoms with van der Waals surface area (Å²) in [5, 5.41) is 11.6. The molecule has 0 amide bonds. The lowest BCUT2D eigenvalue weighted by molar-refractivity contribution is 0.172.